The van der Waals surface area contributed by atoms with Crippen molar-refractivity contribution in [2.24, 2.45) is 0 Å². The number of rotatable bonds is 3. The van der Waals surface area contributed by atoms with Gasteiger partial charge in [-0.15, -0.1) is 0 Å². The van der Waals surface area contributed by atoms with Crippen molar-refractivity contribution in [1.29, 1.82) is 0 Å². The third-order valence-electron chi connectivity index (χ3n) is 1.50. The number of nitrogens with zero attached hydrogens (tertiary/aromatic N) is 1. The average molecular weight is 156 g/mol. The summed E-state index contributed by atoms with van der Waals surface area (Å²) in [5, 5.41) is 6.72. The Labute approximate surface area is 65.5 Å². The Hall–Kier alpha value is -1.03. The van der Waals surface area contributed by atoms with Gasteiger partial charge in [0.25, 0.3) is 5.88 Å². The lowest BCUT2D eigenvalue weighted by Gasteiger charge is -1.98. The first-order valence-electron chi connectivity index (χ1n) is 3.43. The second kappa shape index (κ2) is 3.39. The number of hydrogen-bond donors (Lipinski definition) is 1. The number of aryl methyl sites for hydroxylation is 1. The molecular weight excluding hydrogens is 144 g/mol. The third kappa shape index (κ3) is 1.51. The first-order chi connectivity index (χ1) is 5.29. The zero-order valence-corrected chi connectivity index (χ0v) is 6.97. The SMILES string of the molecule is CNCc1c(OC)noc1C. The van der Waals surface area contributed by atoms with E-state index in [1.807, 2.05) is 14.0 Å². The minimum absolute atomic E-state index is 0.567. The normalized spacial score (nSPS) is 10.1. The van der Waals surface area contributed by atoms with Crippen molar-refractivity contribution >= 4 is 0 Å². The van der Waals surface area contributed by atoms with Gasteiger partial charge in [-0.25, -0.2) is 0 Å². The van der Waals surface area contributed by atoms with Gasteiger partial charge in [-0.1, -0.05) is 0 Å². The molecule has 0 saturated carbocycles. The van der Waals surface area contributed by atoms with Crippen LogP contribution in [-0.2, 0) is 6.54 Å². The van der Waals surface area contributed by atoms with Crippen LogP contribution in [0.4, 0.5) is 0 Å². The molecule has 1 rings (SSSR count). The van der Waals surface area contributed by atoms with Gasteiger partial charge in [0.2, 0.25) is 0 Å². The maximum atomic E-state index is 4.97. The fourth-order valence-corrected chi connectivity index (χ4v) is 0.908. The molecule has 0 aliphatic carbocycles. The van der Waals surface area contributed by atoms with Crippen LogP contribution >= 0.6 is 0 Å². The number of nitrogens with one attached hydrogen (secondary N) is 1. The van der Waals surface area contributed by atoms with Gasteiger partial charge < -0.3 is 14.6 Å². The lowest BCUT2D eigenvalue weighted by Crippen LogP contribution is -2.06. The van der Waals surface area contributed by atoms with Gasteiger partial charge in [0.15, 0.2) is 0 Å². The van der Waals surface area contributed by atoms with Gasteiger partial charge in [-0.3, -0.25) is 0 Å². The number of ether oxygens (including phenoxy) is 1. The second-order valence-corrected chi connectivity index (χ2v) is 2.26. The molecule has 0 aliphatic rings. The van der Waals surface area contributed by atoms with E-state index in [-0.39, 0.29) is 0 Å². The summed E-state index contributed by atoms with van der Waals surface area (Å²) in [6.45, 7) is 2.58. The highest BCUT2D eigenvalue weighted by molar-refractivity contribution is 5.26. The van der Waals surface area contributed by atoms with Crippen LogP contribution in [0.5, 0.6) is 5.88 Å². The van der Waals surface area contributed by atoms with E-state index in [1.165, 1.54) is 0 Å². The minimum atomic E-state index is 0.567. The Morgan fingerprint density at radius 2 is 2.36 bits per heavy atom. The monoisotopic (exact) mass is 156 g/mol. The van der Waals surface area contributed by atoms with Crippen molar-refractivity contribution < 1.29 is 9.26 Å². The van der Waals surface area contributed by atoms with Crippen LogP contribution < -0.4 is 10.1 Å². The molecule has 0 spiro atoms. The molecule has 0 atom stereocenters. The summed E-state index contributed by atoms with van der Waals surface area (Å²) in [4.78, 5) is 0. The predicted octanol–water partition coefficient (Wildman–Crippen LogP) is 0.711. The molecule has 1 heterocycles. The van der Waals surface area contributed by atoms with Gasteiger partial charge in [-0.2, -0.15) is 0 Å². The Kier molecular flexibility index (Phi) is 2.48. The van der Waals surface area contributed by atoms with Crippen LogP contribution in [0.1, 0.15) is 11.3 Å². The van der Waals surface area contributed by atoms with Crippen LogP contribution in [0.15, 0.2) is 4.52 Å². The topological polar surface area (TPSA) is 47.3 Å². The Morgan fingerprint density at radius 1 is 1.64 bits per heavy atom. The number of hydrogen-bond acceptors (Lipinski definition) is 4. The van der Waals surface area contributed by atoms with Crippen molar-refractivity contribution in [3.8, 4) is 5.88 Å². The van der Waals surface area contributed by atoms with Crippen LogP contribution in [0, 0.1) is 6.92 Å². The van der Waals surface area contributed by atoms with E-state index in [2.05, 4.69) is 10.5 Å². The minimum Gasteiger partial charge on any atom is -0.479 e. The van der Waals surface area contributed by atoms with E-state index in [4.69, 9.17) is 9.26 Å². The molecule has 1 aromatic rings. The lowest BCUT2D eigenvalue weighted by molar-refractivity contribution is 0.331. The molecule has 4 heteroatoms. The molecule has 11 heavy (non-hydrogen) atoms. The summed E-state index contributed by atoms with van der Waals surface area (Å²) in [6, 6.07) is 0. The van der Waals surface area contributed by atoms with E-state index in [1.54, 1.807) is 7.11 Å². The average Bonchev–Trinajstić information content (AvgIpc) is 2.34. The Bertz CT molecular complexity index is 232. The highest BCUT2D eigenvalue weighted by Crippen LogP contribution is 2.19. The second-order valence-electron chi connectivity index (χ2n) is 2.26. The van der Waals surface area contributed by atoms with Gasteiger partial charge >= 0.3 is 0 Å². The standard InChI is InChI=1S/C7H12N2O2/c1-5-6(4-8-2)7(10-3)9-11-5/h8H,4H2,1-3H3. The zero-order valence-electron chi connectivity index (χ0n) is 6.97. The first-order valence-corrected chi connectivity index (χ1v) is 3.43. The molecule has 0 unspecified atom stereocenters. The molecule has 4 nitrogen and oxygen atoms in total. The lowest BCUT2D eigenvalue weighted by atomic mass is 10.2. The maximum Gasteiger partial charge on any atom is 0.258 e. The van der Waals surface area contributed by atoms with Crippen LogP contribution in [0.3, 0.4) is 0 Å². The molecule has 0 aromatic carbocycles. The maximum absolute atomic E-state index is 4.97. The highest BCUT2D eigenvalue weighted by atomic mass is 16.5. The summed E-state index contributed by atoms with van der Waals surface area (Å²) in [6.07, 6.45) is 0. The first kappa shape index (κ1) is 8.07. The van der Waals surface area contributed by atoms with E-state index < -0.39 is 0 Å². The van der Waals surface area contributed by atoms with Crippen molar-refractivity contribution in [3.63, 3.8) is 0 Å². The summed E-state index contributed by atoms with van der Waals surface area (Å²) in [7, 11) is 3.45. The molecule has 0 fully saturated rings. The molecule has 1 aromatic heterocycles. The summed E-state index contributed by atoms with van der Waals surface area (Å²) in [5.74, 6) is 1.37. The number of aromatic nitrogens is 1. The van der Waals surface area contributed by atoms with Crippen molar-refractivity contribution in [2.75, 3.05) is 14.2 Å². The number of methoxy groups -OCH3 is 1. The largest absolute Gasteiger partial charge is 0.479 e. The quantitative estimate of drug-likeness (QED) is 0.700. The fraction of sp³-hybridized carbons (Fsp3) is 0.571. The molecule has 0 radical (unpaired) electrons. The molecule has 0 aliphatic heterocycles. The van der Waals surface area contributed by atoms with E-state index >= 15 is 0 Å². The van der Waals surface area contributed by atoms with Crippen molar-refractivity contribution in [3.05, 3.63) is 11.3 Å². The Morgan fingerprint density at radius 3 is 2.91 bits per heavy atom. The zero-order chi connectivity index (χ0) is 8.27. The van der Waals surface area contributed by atoms with Crippen molar-refractivity contribution in [1.82, 2.24) is 10.5 Å². The smallest absolute Gasteiger partial charge is 0.258 e. The van der Waals surface area contributed by atoms with E-state index in [0.717, 1.165) is 17.9 Å². The molecule has 0 bridgehead atoms. The van der Waals surface area contributed by atoms with Crippen molar-refractivity contribution in [2.45, 2.75) is 13.5 Å². The third-order valence-corrected chi connectivity index (χ3v) is 1.50. The van der Waals surface area contributed by atoms with Gasteiger partial charge in [0, 0.05) is 6.54 Å². The molecule has 62 valence electrons. The van der Waals surface area contributed by atoms with Gasteiger partial charge in [-0.05, 0) is 19.1 Å². The summed E-state index contributed by atoms with van der Waals surface area (Å²) in [5.41, 5.74) is 0.981. The Balaban J connectivity index is 2.88. The van der Waals surface area contributed by atoms with Crippen LogP contribution in [-0.4, -0.2) is 19.3 Å². The predicted molar refractivity (Wildman–Crippen MR) is 40.6 cm³/mol. The summed E-state index contributed by atoms with van der Waals surface area (Å²) >= 11 is 0. The molecular formula is C7H12N2O2. The van der Waals surface area contributed by atoms with Crippen LogP contribution in [0.2, 0.25) is 0 Å². The fourth-order valence-electron chi connectivity index (χ4n) is 0.908. The molecule has 1 N–H and O–H groups in total. The van der Waals surface area contributed by atoms with Gasteiger partial charge in [0.05, 0.1) is 12.7 Å². The van der Waals surface area contributed by atoms with Crippen LogP contribution in [0.25, 0.3) is 0 Å². The highest BCUT2D eigenvalue weighted by Gasteiger charge is 2.10. The van der Waals surface area contributed by atoms with E-state index in [0.29, 0.717) is 5.88 Å². The van der Waals surface area contributed by atoms with E-state index in [9.17, 15) is 0 Å². The molecule has 0 amide bonds. The molecule has 0 saturated heterocycles. The summed E-state index contributed by atoms with van der Waals surface area (Å²) < 4.78 is 9.90. The van der Waals surface area contributed by atoms with Gasteiger partial charge in [0.1, 0.15) is 5.76 Å².